The fourth-order valence-electron chi connectivity index (χ4n) is 2.83. The van der Waals surface area contributed by atoms with Crippen molar-refractivity contribution in [2.24, 2.45) is 0 Å². The third kappa shape index (κ3) is 2.49. The van der Waals surface area contributed by atoms with E-state index < -0.39 is 17.8 Å². The number of nitrogens with zero attached hydrogens (tertiary/aromatic N) is 1. The molecule has 6 heteroatoms. The highest BCUT2D eigenvalue weighted by atomic mass is 16.4. The van der Waals surface area contributed by atoms with E-state index in [1.165, 1.54) is 4.90 Å². The van der Waals surface area contributed by atoms with Crippen molar-refractivity contribution in [1.82, 2.24) is 5.32 Å². The van der Waals surface area contributed by atoms with Crippen molar-refractivity contribution in [2.45, 2.75) is 24.7 Å². The van der Waals surface area contributed by atoms with Crippen LogP contribution in [0.1, 0.15) is 24.8 Å². The van der Waals surface area contributed by atoms with Crippen molar-refractivity contribution in [3.8, 4) is 0 Å². The molecule has 0 bridgehead atoms. The van der Waals surface area contributed by atoms with Gasteiger partial charge in [0.25, 0.3) is 0 Å². The Bertz CT molecular complexity index is 605. The fourth-order valence-corrected chi connectivity index (χ4v) is 2.83. The number of carbonyl (C=O) groups excluding carboxylic acids is 2. The van der Waals surface area contributed by atoms with Gasteiger partial charge in [0.2, 0.25) is 0 Å². The standard InChI is InChI=1S/C15H16N2O4/c18-12(19)9-15(5-6-15)10-1-3-11(4-2-10)17-8-7-16-13(20)14(17)21/h1-4H,5-9H2,(H,16,20)(H,18,19). The fraction of sp³-hybridized carbons (Fsp3) is 0.400. The maximum Gasteiger partial charge on any atom is 0.316 e. The third-order valence-corrected chi connectivity index (χ3v) is 4.19. The lowest BCUT2D eigenvalue weighted by molar-refractivity contribution is -0.138. The number of benzene rings is 1. The number of aliphatic carboxylic acids is 1. The van der Waals surface area contributed by atoms with Gasteiger partial charge in [0.15, 0.2) is 0 Å². The molecule has 2 fully saturated rings. The SMILES string of the molecule is O=C(O)CC1(c2ccc(N3CCNC(=O)C3=O)cc2)CC1. The minimum absolute atomic E-state index is 0.136. The molecule has 0 unspecified atom stereocenters. The van der Waals surface area contributed by atoms with Crippen molar-refractivity contribution in [1.29, 1.82) is 0 Å². The van der Waals surface area contributed by atoms with Crippen LogP contribution >= 0.6 is 0 Å². The molecule has 110 valence electrons. The average Bonchev–Trinajstić information content (AvgIpc) is 3.22. The molecule has 2 aliphatic rings. The van der Waals surface area contributed by atoms with Crippen molar-refractivity contribution in [2.75, 3.05) is 18.0 Å². The predicted molar refractivity (Wildman–Crippen MR) is 75.0 cm³/mol. The molecule has 3 rings (SSSR count). The van der Waals surface area contributed by atoms with Gasteiger partial charge >= 0.3 is 17.8 Å². The minimum atomic E-state index is -0.792. The quantitative estimate of drug-likeness (QED) is 0.797. The Labute approximate surface area is 121 Å². The van der Waals surface area contributed by atoms with E-state index in [0.29, 0.717) is 18.8 Å². The van der Waals surface area contributed by atoms with Crippen molar-refractivity contribution >= 4 is 23.5 Å². The molecule has 1 saturated heterocycles. The number of nitrogens with one attached hydrogen (secondary N) is 1. The summed E-state index contributed by atoms with van der Waals surface area (Å²) in [6.07, 6.45) is 1.89. The molecule has 21 heavy (non-hydrogen) atoms. The number of hydrogen-bond donors (Lipinski definition) is 2. The summed E-state index contributed by atoms with van der Waals surface area (Å²) in [5.74, 6) is -1.94. The molecule has 0 radical (unpaired) electrons. The number of piperazine rings is 1. The second-order valence-corrected chi connectivity index (χ2v) is 5.61. The van der Waals surface area contributed by atoms with Crippen LogP contribution in [-0.2, 0) is 19.8 Å². The highest BCUT2D eigenvalue weighted by Gasteiger charge is 2.45. The van der Waals surface area contributed by atoms with Gasteiger partial charge in [-0.25, -0.2) is 0 Å². The van der Waals surface area contributed by atoms with Crippen LogP contribution in [0, 0.1) is 0 Å². The number of rotatable bonds is 4. The number of carboxylic acids is 1. The van der Waals surface area contributed by atoms with Crippen LogP contribution in [0.15, 0.2) is 24.3 Å². The molecule has 0 aromatic heterocycles. The molecule has 2 amide bonds. The molecule has 1 saturated carbocycles. The Morgan fingerprint density at radius 1 is 1.24 bits per heavy atom. The second-order valence-electron chi connectivity index (χ2n) is 5.61. The van der Waals surface area contributed by atoms with Crippen molar-refractivity contribution < 1.29 is 19.5 Å². The Kier molecular flexibility index (Phi) is 3.16. The Morgan fingerprint density at radius 3 is 2.48 bits per heavy atom. The van der Waals surface area contributed by atoms with Gasteiger partial charge in [-0.2, -0.15) is 0 Å². The summed E-state index contributed by atoms with van der Waals surface area (Å²) in [4.78, 5) is 35.5. The van der Waals surface area contributed by atoms with E-state index in [1.807, 2.05) is 12.1 Å². The molecule has 1 aliphatic heterocycles. The van der Waals surface area contributed by atoms with E-state index in [4.69, 9.17) is 5.11 Å². The Hall–Kier alpha value is -2.37. The zero-order valence-corrected chi connectivity index (χ0v) is 11.5. The van der Waals surface area contributed by atoms with Crippen LogP contribution in [-0.4, -0.2) is 36.0 Å². The van der Waals surface area contributed by atoms with E-state index in [2.05, 4.69) is 5.32 Å². The first-order valence-corrected chi connectivity index (χ1v) is 6.94. The minimum Gasteiger partial charge on any atom is -0.481 e. The highest BCUT2D eigenvalue weighted by Crippen LogP contribution is 2.51. The number of hydrogen-bond acceptors (Lipinski definition) is 3. The van der Waals surface area contributed by atoms with Crippen LogP contribution in [0.2, 0.25) is 0 Å². The van der Waals surface area contributed by atoms with Gasteiger partial charge in [0.1, 0.15) is 0 Å². The van der Waals surface area contributed by atoms with E-state index >= 15 is 0 Å². The summed E-state index contributed by atoms with van der Waals surface area (Å²) in [6.45, 7) is 0.888. The van der Waals surface area contributed by atoms with Gasteiger partial charge in [-0.15, -0.1) is 0 Å². The molecule has 1 aliphatic carbocycles. The Morgan fingerprint density at radius 2 is 1.90 bits per heavy atom. The highest BCUT2D eigenvalue weighted by molar-refractivity contribution is 6.41. The molecule has 6 nitrogen and oxygen atoms in total. The normalized spacial score (nSPS) is 20.1. The third-order valence-electron chi connectivity index (χ3n) is 4.19. The van der Waals surface area contributed by atoms with E-state index in [0.717, 1.165) is 18.4 Å². The van der Waals surface area contributed by atoms with Gasteiger partial charge in [-0.1, -0.05) is 12.1 Å². The van der Waals surface area contributed by atoms with Crippen LogP contribution < -0.4 is 10.2 Å². The summed E-state index contributed by atoms with van der Waals surface area (Å²) in [7, 11) is 0. The van der Waals surface area contributed by atoms with Gasteiger partial charge in [0, 0.05) is 24.2 Å². The van der Waals surface area contributed by atoms with E-state index in [1.54, 1.807) is 12.1 Å². The van der Waals surface area contributed by atoms with E-state index in [-0.39, 0.29) is 11.8 Å². The van der Waals surface area contributed by atoms with Crippen molar-refractivity contribution in [3.05, 3.63) is 29.8 Å². The van der Waals surface area contributed by atoms with Crippen LogP contribution in [0.3, 0.4) is 0 Å². The van der Waals surface area contributed by atoms with Gasteiger partial charge < -0.3 is 15.3 Å². The molecular formula is C15H16N2O4. The Balaban J connectivity index is 1.80. The lowest BCUT2D eigenvalue weighted by atomic mass is 9.92. The van der Waals surface area contributed by atoms with E-state index in [9.17, 15) is 14.4 Å². The molecule has 1 aromatic carbocycles. The molecule has 0 atom stereocenters. The molecule has 2 N–H and O–H groups in total. The van der Waals surface area contributed by atoms with Crippen molar-refractivity contribution in [3.63, 3.8) is 0 Å². The van der Waals surface area contributed by atoms with Crippen LogP contribution in [0.5, 0.6) is 0 Å². The number of carbonyl (C=O) groups is 3. The lowest BCUT2D eigenvalue weighted by Gasteiger charge is -2.27. The summed E-state index contributed by atoms with van der Waals surface area (Å²) in [5.41, 5.74) is 1.42. The zero-order chi connectivity index (χ0) is 15.0. The lowest BCUT2D eigenvalue weighted by Crippen LogP contribution is -2.52. The first-order chi connectivity index (χ1) is 10.0. The first-order valence-electron chi connectivity index (χ1n) is 6.94. The van der Waals surface area contributed by atoms with Gasteiger partial charge in [0.05, 0.1) is 6.42 Å². The topological polar surface area (TPSA) is 86.7 Å². The van der Waals surface area contributed by atoms with Crippen LogP contribution in [0.4, 0.5) is 5.69 Å². The molecule has 0 spiro atoms. The number of amides is 2. The first kappa shape index (κ1) is 13.6. The van der Waals surface area contributed by atoms with Crippen LogP contribution in [0.25, 0.3) is 0 Å². The zero-order valence-electron chi connectivity index (χ0n) is 11.5. The second kappa shape index (κ2) is 4.87. The molecule has 1 heterocycles. The molecule has 1 aromatic rings. The van der Waals surface area contributed by atoms with Gasteiger partial charge in [-0.3, -0.25) is 14.4 Å². The molecular weight excluding hydrogens is 272 g/mol. The maximum atomic E-state index is 11.8. The number of anilines is 1. The number of carboxylic acid groups (broad SMARTS) is 1. The summed E-state index contributed by atoms with van der Waals surface area (Å²) < 4.78 is 0. The summed E-state index contributed by atoms with van der Waals surface area (Å²) in [6, 6.07) is 7.30. The monoisotopic (exact) mass is 288 g/mol. The average molecular weight is 288 g/mol. The largest absolute Gasteiger partial charge is 0.481 e. The van der Waals surface area contributed by atoms with Gasteiger partial charge in [-0.05, 0) is 30.5 Å². The predicted octanol–water partition coefficient (Wildman–Crippen LogP) is 0.656. The smallest absolute Gasteiger partial charge is 0.316 e. The summed E-state index contributed by atoms with van der Waals surface area (Å²) >= 11 is 0. The maximum absolute atomic E-state index is 11.8. The summed E-state index contributed by atoms with van der Waals surface area (Å²) in [5, 5.41) is 11.5.